The molecule has 0 amide bonds. The van der Waals surface area contributed by atoms with E-state index in [4.69, 9.17) is 4.74 Å². The molecule has 8 atom stereocenters. The lowest BCUT2D eigenvalue weighted by Gasteiger charge is -2.69. The van der Waals surface area contributed by atoms with Crippen LogP contribution in [0.15, 0.2) is 59.5 Å². The third kappa shape index (κ3) is 6.28. The molecule has 0 aromatic heterocycles. The van der Waals surface area contributed by atoms with Gasteiger partial charge >= 0.3 is 5.97 Å². The number of hydrogen-bond donors (Lipinski definition) is 1. The monoisotopic (exact) mass is 741 g/mol. The minimum Gasteiger partial charge on any atom is -0.512 e. The molecule has 5 aliphatic carbocycles. The van der Waals surface area contributed by atoms with E-state index in [-0.39, 0.29) is 52.2 Å². The molecular weight excluding hydrogens is 673 g/mol. The van der Waals surface area contributed by atoms with Crippen molar-refractivity contribution < 1.29 is 24.2 Å². The van der Waals surface area contributed by atoms with Crippen LogP contribution in [-0.4, -0.2) is 48.4 Å². The fourth-order valence-electron chi connectivity index (χ4n) is 13.2. The summed E-state index contributed by atoms with van der Waals surface area (Å²) in [6, 6.07) is 8.45. The molecule has 8 unspecified atom stereocenters. The molecule has 1 aromatic carbocycles. The smallest absolute Gasteiger partial charge is 0.307 e. The van der Waals surface area contributed by atoms with Gasteiger partial charge in [0.2, 0.25) is 0 Å². The molecule has 0 aliphatic heterocycles. The molecule has 5 aliphatic rings. The molecule has 1 aromatic rings. The first kappa shape index (κ1) is 40.3. The predicted molar refractivity (Wildman–Crippen MR) is 216 cm³/mol. The van der Waals surface area contributed by atoms with Crippen molar-refractivity contribution >= 4 is 23.7 Å². The standard InChI is InChI=1S/C47H68N2O5/c1-29(2)41-35(52)27-47(38(22-26-50)49(12)48(11)32-15-13-30(3)14-16-32)25-19-34-33(42(41)47)17-18-37-45(34,9)23-20-36-44(7,8)39(21-24-46(36,37)10)54-40(53)28-43(5,6)31(4)51/h13-16,22,26,29,33-34,36-37,39,51H,4,17-21,23-25,27-28H2,1-3,5-12H3/b38-22-. The third-order valence-corrected chi connectivity index (χ3v) is 16.1. The van der Waals surface area contributed by atoms with Crippen LogP contribution < -0.4 is 5.01 Å². The number of aliphatic hydroxyl groups is 1. The van der Waals surface area contributed by atoms with Gasteiger partial charge in [0.1, 0.15) is 12.4 Å². The van der Waals surface area contributed by atoms with Crippen LogP contribution in [0.2, 0.25) is 0 Å². The quantitative estimate of drug-likeness (QED) is 0.0840. The van der Waals surface area contributed by atoms with E-state index in [0.29, 0.717) is 30.1 Å². The summed E-state index contributed by atoms with van der Waals surface area (Å²) >= 11 is 0. The van der Waals surface area contributed by atoms with E-state index in [1.165, 1.54) is 11.1 Å². The Bertz CT molecular complexity index is 1740. The summed E-state index contributed by atoms with van der Waals surface area (Å²) in [5.41, 5.74) is 4.34. The molecule has 7 nitrogen and oxygen atoms in total. The lowest BCUT2D eigenvalue weighted by Crippen LogP contribution is -2.63. The van der Waals surface area contributed by atoms with Crippen LogP contribution >= 0.6 is 0 Å². The Hall–Kier alpha value is -3.35. The molecule has 1 N–H and O–H groups in total. The topological polar surface area (TPSA) is 87.2 Å². The van der Waals surface area contributed by atoms with Crippen molar-refractivity contribution in [1.82, 2.24) is 5.01 Å². The van der Waals surface area contributed by atoms with Crippen LogP contribution in [0, 0.1) is 63.6 Å². The van der Waals surface area contributed by atoms with Gasteiger partial charge in [0, 0.05) is 42.5 Å². The third-order valence-electron chi connectivity index (χ3n) is 16.1. The number of carbonyl (C=O) groups is 3. The molecule has 4 saturated carbocycles. The number of nitrogens with zero attached hydrogens (tertiary/aromatic N) is 2. The summed E-state index contributed by atoms with van der Waals surface area (Å²) in [5.74, 6) is 1.83. The summed E-state index contributed by atoms with van der Waals surface area (Å²) in [4.78, 5) is 40.0. The number of hydrogen-bond acceptors (Lipinski definition) is 7. The molecule has 296 valence electrons. The number of rotatable bonds is 10. The Balaban J connectivity index is 1.32. The predicted octanol–water partition coefficient (Wildman–Crippen LogP) is 10.4. The Morgan fingerprint density at radius 3 is 2.24 bits per heavy atom. The fraction of sp³-hybridized carbons (Fsp3) is 0.681. The molecule has 6 rings (SSSR count). The second-order valence-electron chi connectivity index (χ2n) is 20.1. The molecule has 4 fully saturated rings. The first-order valence-corrected chi connectivity index (χ1v) is 20.7. The van der Waals surface area contributed by atoms with E-state index in [1.807, 2.05) is 27.9 Å². The number of ether oxygens (including phenoxy) is 1. The minimum absolute atomic E-state index is 0.00730. The molecule has 0 spiro atoms. The number of anilines is 1. The molecule has 0 saturated heterocycles. The number of aldehydes is 1. The second-order valence-corrected chi connectivity index (χ2v) is 20.1. The first-order chi connectivity index (χ1) is 25.2. The molecule has 0 heterocycles. The number of carbonyl (C=O) groups excluding carboxylic acids is 3. The van der Waals surface area contributed by atoms with Crippen LogP contribution in [-0.2, 0) is 19.1 Å². The highest BCUT2D eigenvalue weighted by molar-refractivity contribution is 6.01. The van der Waals surface area contributed by atoms with Crippen LogP contribution in [0.1, 0.15) is 125 Å². The summed E-state index contributed by atoms with van der Waals surface area (Å²) < 4.78 is 6.28. The number of esters is 1. The lowest BCUT2D eigenvalue weighted by molar-refractivity contribution is -0.213. The highest BCUT2D eigenvalue weighted by atomic mass is 16.5. The largest absolute Gasteiger partial charge is 0.512 e. The van der Waals surface area contributed by atoms with Gasteiger partial charge in [0.15, 0.2) is 5.78 Å². The number of aryl methyl sites for hydroxylation is 1. The van der Waals surface area contributed by atoms with Crippen molar-refractivity contribution in [1.29, 1.82) is 0 Å². The maximum absolute atomic E-state index is 14.3. The number of fused-ring (bicyclic) bond motifs is 7. The van der Waals surface area contributed by atoms with Crippen LogP contribution in [0.3, 0.4) is 0 Å². The van der Waals surface area contributed by atoms with Crippen LogP contribution in [0.5, 0.6) is 0 Å². The Morgan fingerprint density at radius 1 is 0.981 bits per heavy atom. The molecule has 0 bridgehead atoms. The normalized spacial score (nSPS) is 34.7. The molecule has 0 radical (unpaired) electrons. The van der Waals surface area contributed by atoms with Crippen LogP contribution in [0.25, 0.3) is 0 Å². The molecule has 7 heteroatoms. The number of allylic oxidation sites excluding steroid dienone is 4. The van der Waals surface area contributed by atoms with Gasteiger partial charge in [-0.15, -0.1) is 0 Å². The van der Waals surface area contributed by atoms with Gasteiger partial charge in [-0.3, -0.25) is 24.4 Å². The van der Waals surface area contributed by atoms with E-state index in [9.17, 15) is 19.5 Å². The van der Waals surface area contributed by atoms with Crippen molar-refractivity contribution in [2.45, 2.75) is 133 Å². The average molecular weight is 741 g/mol. The summed E-state index contributed by atoms with van der Waals surface area (Å²) in [6.45, 7) is 23.6. The maximum Gasteiger partial charge on any atom is 0.307 e. The van der Waals surface area contributed by atoms with Crippen LogP contribution in [0.4, 0.5) is 5.69 Å². The summed E-state index contributed by atoms with van der Waals surface area (Å²) in [5, 5.41) is 14.3. The zero-order valence-electron chi connectivity index (χ0n) is 35.2. The minimum atomic E-state index is -0.724. The van der Waals surface area contributed by atoms with Crippen molar-refractivity contribution in [3.8, 4) is 0 Å². The van der Waals surface area contributed by atoms with Crippen molar-refractivity contribution in [2.24, 2.45) is 56.7 Å². The fourth-order valence-corrected chi connectivity index (χ4v) is 13.2. The van der Waals surface area contributed by atoms with Gasteiger partial charge < -0.3 is 9.84 Å². The SMILES string of the molecule is C=C(O)C(C)(C)CC(=O)OC1CCC2(C)C(CCC3(C)C4CCC5(/C(=C/C=O)N(C)N(C)c6ccc(C)cc6)CC(=O)C(C(C)C)=C5C4CCC32)C1(C)C. The van der Waals surface area contributed by atoms with Gasteiger partial charge in [-0.2, -0.15) is 0 Å². The van der Waals surface area contributed by atoms with Gasteiger partial charge in [-0.1, -0.05) is 79.7 Å². The number of benzene rings is 1. The van der Waals surface area contributed by atoms with E-state index in [2.05, 4.69) is 89.3 Å². The number of aliphatic hydroxyl groups excluding tert-OH is 1. The lowest BCUT2D eigenvalue weighted by atomic mass is 9.36. The number of Topliss-reactive ketones (excluding diaryl/α,β-unsaturated/α-hetero) is 1. The highest BCUT2D eigenvalue weighted by Gasteiger charge is 2.67. The van der Waals surface area contributed by atoms with Crippen molar-refractivity contribution in [3.05, 3.63) is 65.1 Å². The number of hydrazine groups is 1. The Morgan fingerprint density at radius 2 is 1.63 bits per heavy atom. The van der Waals surface area contributed by atoms with Gasteiger partial charge in [0.05, 0.1) is 17.9 Å². The van der Waals surface area contributed by atoms with Crippen molar-refractivity contribution in [3.63, 3.8) is 0 Å². The van der Waals surface area contributed by atoms with Gasteiger partial charge in [-0.25, -0.2) is 0 Å². The maximum atomic E-state index is 14.3. The summed E-state index contributed by atoms with van der Waals surface area (Å²) in [7, 11) is 4.09. The first-order valence-electron chi connectivity index (χ1n) is 20.7. The van der Waals surface area contributed by atoms with E-state index >= 15 is 0 Å². The second kappa shape index (κ2) is 14.0. The Labute approximate surface area is 325 Å². The van der Waals surface area contributed by atoms with E-state index in [0.717, 1.165) is 74.6 Å². The van der Waals surface area contributed by atoms with Gasteiger partial charge in [0.25, 0.3) is 0 Å². The van der Waals surface area contributed by atoms with E-state index in [1.54, 1.807) is 6.08 Å². The zero-order valence-corrected chi connectivity index (χ0v) is 35.2. The zero-order chi connectivity index (χ0) is 39.8. The molecule has 54 heavy (non-hydrogen) atoms. The Kier molecular flexibility index (Phi) is 10.4. The van der Waals surface area contributed by atoms with Crippen molar-refractivity contribution in [2.75, 3.05) is 19.1 Å². The number of ketones is 1. The summed E-state index contributed by atoms with van der Waals surface area (Å²) in [6.07, 6.45) is 11.2. The molecular formula is C47H68N2O5. The van der Waals surface area contributed by atoms with Gasteiger partial charge in [-0.05, 0) is 128 Å². The average Bonchev–Trinajstić information content (AvgIpc) is 3.40. The highest BCUT2D eigenvalue weighted by Crippen LogP contribution is 2.73. The van der Waals surface area contributed by atoms with E-state index < -0.39 is 10.8 Å².